The van der Waals surface area contributed by atoms with E-state index in [1.165, 1.54) is 0 Å². The summed E-state index contributed by atoms with van der Waals surface area (Å²) in [6, 6.07) is 3.98. The molecule has 0 aliphatic carbocycles. The molecule has 1 N–H and O–H groups in total. The molecule has 0 saturated carbocycles. The molecular formula is C12H13N5O. The summed E-state index contributed by atoms with van der Waals surface area (Å²) in [5.74, 6) is 0.714. The highest BCUT2D eigenvalue weighted by Crippen LogP contribution is 2.16. The number of pyridine rings is 1. The molecule has 0 unspecified atom stereocenters. The molecule has 0 bridgehead atoms. The van der Waals surface area contributed by atoms with Crippen molar-refractivity contribution in [3.63, 3.8) is 0 Å². The zero-order valence-corrected chi connectivity index (χ0v) is 10.5. The Balaban J connectivity index is 2.16. The zero-order valence-electron chi connectivity index (χ0n) is 10.5. The first-order chi connectivity index (χ1) is 8.61. The second-order valence-corrected chi connectivity index (χ2v) is 4.05. The van der Waals surface area contributed by atoms with Gasteiger partial charge in [0, 0.05) is 0 Å². The average Bonchev–Trinajstić information content (AvgIpc) is 2.72. The molecule has 2 rings (SSSR count). The monoisotopic (exact) mass is 243 g/mol. The lowest BCUT2D eigenvalue weighted by molar-refractivity contribution is 0.301. The Bertz CT molecular complexity index is 588. The second kappa shape index (κ2) is 4.84. The minimum Gasteiger partial charge on any atom is -0.364 e. The van der Waals surface area contributed by atoms with Crippen molar-refractivity contribution in [1.82, 2.24) is 15.3 Å². The van der Waals surface area contributed by atoms with Crippen LogP contribution in [-0.2, 0) is 6.54 Å². The molecule has 0 aliphatic heterocycles. The molecule has 6 nitrogen and oxygen atoms in total. The Morgan fingerprint density at radius 3 is 2.61 bits per heavy atom. The van der Waals surface area contributed by atoms with Gasteiger partial charge < -0.3 is 5.32 Å². The summed E-state index contributed by atoms with van der Waals surface area (Å²) in [6.45, 7) is 6.03. The first-order valence-corrected chi connectivity index (χ1v) is 5.52. The first-order valence-electron chi connectivity index (χ1n) is 5.52. The van der Waals surface area contributed by atoms with E-state index in [2.05, 4.69) is 31.3 Å². The maximum atomic E-state index is 8.97. The van der Waals surface area contributed by atoms with Crippen molar-refractivity contribution < 1.29 is 4.63 Å². The van der Waals surface area contributed by atoms with E-state index in [1.807, 2.05) is 26.8 Å². The third kappa shape index (κ3) is 2.30. The van der Waals surface area contributed by atoms with Crippen molar-refractivity contribution in [1.29, 1.82) is 5.26 Å². The lowest BCUT2D eigenvalue weighted by Crippen LogP contribution is -2.05. The lowest BCUT2D eigenvalue weighted by atomic mass is 10.1. The molecule has 0 saturated heterocycles. The fourth-order valence-electron chi connectivity index (χ4n) is 1.68. The van der Waals surface area contributed by atoms with E-state index >= 15 is 0 Å². The fraction of sp³-hybridized carbons (Fsp3) is 0.333. The number of aromatic nitrogens is 3. The van der Waals surface area contributed by atoms with Crippen LogP contribution in [0, 0.1) is 32.1 Å². The van der Waals surface area contributed by atoms with E-state index in [-0.39, 0.29) is 0 Å². The van der Waals surface area contributed by atoms with Crippen molar-refractivity contribution in [3.8, 4) is 6.07 Å². The van der Waals surface area contributed by atoms with E-state index in [9.17, 15) is 0 Å². The molecule has 0 amide bonds. The van der Waals surface area contributed by atoms with Crippen LogP contribution < -0.4 is 5.32 Å². The maximum absolute atomic E-state index is 8.97. The van der Waals surface area contributed by atoms with Crippen LogP contribution in [0.2, 0.25) is 0 Å². The highest BCUT2D eigenvalue weighted by atomic mass is 16.6. The molecule has 18 heavy (non-hydrogen) atoms. The van der Waals surface area contributed by atoms with Crippen molar-refractivity contribution in [2.75, 3.05) is 5.32 Å². The molecule has 2 aromatic rings. The standard InChI is InChI=1S/C12H13N5O/c1-7-4-12(15-8(2)10(7)5-13)14-6-11-9(3)16-18-17-11/h4H,6H2,1-3H3,(H,14,15). The molecule has 2 aromatic heterocycles. The van der Waals surface area contributed by atoms with Gasteiger partial charge in [0.15, 0.2) is 0 Å². The minimum absolute atomic E-state index is 0.493. The summed E-state index contributed by atoms with van der Waals surface area (Å²) in [5.41, 5.74) is 3.75. The van der Waals surface area contributed by atoms with Gasteiger partial charge >= 0.3 is 0 Å². The van der Waals surface area contributed by atoms with Crippen LogP contribution in [0.5, 0.6) is 0 Å². The Labute approximate surface area is 105 Å². The van der Waals surface area contributed by atoms with Crippen molar-refractivity contribution in [2.24, 2.45) is 0 Å². The van der Waals surface area contributed by atoms with Crippen molar-refractivity contribution in [2.45, 2.75) is 27.3 Å². The second-order valence-electron chi connectivity index (χ2n) is 4.05. The fourth-order valence-corrected chi connectivity index (χ4v) is 1.68. The van der Waals surface area contributed by atoms with Crippen LogP contribution in [0.1, 0.15) is 28.2 Å². The molecular weight excluding hydrogens is 230 g/mol. The van der Waals surface area contributed by atoms with Crippen molar-refractivity contribution >= 4 is 5.82 Å². The predicted molar refractivity (Wildman–Crippen MR) is 64.8 cm³/mol. The van der Waals surface area contributed by atoms with Gasteiger partial charge in [-0.3, -0.25) is 0 Å². The number of nitrogens with zero attached hydrogens (tertiary/aromatic N) is 4. The largest absolute Gasteiger partial charge is 0.364 e. The number of rotatable bonds is 3. The summed E-state index contributed by atoms with van der Waals surface area (Å²) >= 11 is 0. The van der Waals surface area contributed by atoms with Gasteiger partial charge in [-0.25, -0.2) is 9.61 Å². The van der Waals surface area contributed by atoms with E-state index < -0.39 is 0 Å². The van der Waals surface area contributed by atoms with Crippen LogP contribution in [0.25, 0.3) is 0 Å². The maximum Gasteiger partial charge on any atom is 0.127 e. The summed E-state index contributed by atoms with van der Waals surface area (Å²) in [6.07, 6.45) is 0. The van der Waals surface area contributed by atoms with Gasteiger partial charge in [-0.2, -0.15) is 5.26 Å². The van der Waals surface area contributed by atoms with Crippen molar-refractivity contribution in [3.05, 3.63) is 34.3 Å². The molecule has 92 valence electrons. The van der Waals surface area contributed by atoms with Gasteiger partial charge in [0.1, 0.15) is 23.3 Å². The molecule has 0 fully saturated rings. The average molecular weight is 243 g/mol. The molecule has 0 spiro atoms. The van der Waals surface area contributed by atoms with Crippen LogP contribution >= 0.6 is 0 Å². The number of nitrogens with one attached hydrogen (secondary N) is 1. The normalized spacial score (nSPS) is 10.1. The SMILES string of the molecule is Cc1cc(NCc2nonc2C)nc(C)c1C#N. The summed E-state index contributed by atoms with van der Waals surface area (Å²) < 4.78 is 4.61. The number of anilines is 1. The number of hydrogen-bond acceptors (Lipinski definition) is 6. The van der Waals surface area contributed by atoms with E-state index in [1.54, 1.807) is 0 Å². The Kier molecular flexibility index (Phi) is 3.24. The molecule has 0 radical (unpaired) electrons. The quantitative estimate of drug-likeness (QED) is 0.885. The predicted octanol–water partition coefficient (Wildman–Crippen LogP) is 1.87. The first kappa shape index (κ1) is 12.0. The van der Waals surface area contributed by atoms with Gasteiger partial charge in [0.25, 0.3) is 0 Å². The van der Waals surface area contributed by atoms with Crippen LogP contribution in [0.3, 0.4) is 0 Å². The Morgan fingerprint density at radius 2 is 2.06 bits per heavy atom. The molecule has 0 aliphatic rings. The van der Waals surface area contributed by atoms with E-state index in [0.29, 0.717) is 17.9 Å². The highest BCUT2D eigenvalue weighted by molar-refractivity contribution is 5.48. The third-order valence-electron chi connectivity index (χ3n) is 2.69. The highest BCUT2D eigenvalue weighted by Gasteiger charge is 2.08. The van der Waals surface area contributed by atoms with Gasteiger partial charge in [0.05, 0.1) is 17.8 Å². The number of hydrogen-bond donors (Lipinski definition) is 1. The minimum atomic E-state index is 0.493. The van der Waals surface area contributed by atoms with Gasteiger partial charge in [-0.1, -0.05) is 10.3 Å². The smallest absolute Gasteiger partial charge is 0.127 e. The number of aryl methyl sites for hydroxylation is 3. The molecule has 0 aromatic carbocycles. The van der Waals surface area contributed by atoms with E-state index in [0.717, 1.165) is 22.6 Å². The van der Waals surface area contributed by atoms with Gasteiger partial charge in [-0.15, -0.1) is 0 Å². The molecule has 2 heterocycles. The summed E-state index contributed by atoms with van der Waals surface area (Å²) in [7, 11) is 0. The number of nitriles is 1. The summed E-state index contributed by atoms with van der Waals surface area (Å²) in [4.78, 5) is 4.32. The Hall–Kier alpha value is -2.42. The topological polar surface area (TPSA) is 87.6 Å². The third-order valence-corrected chi connectivity index (χ3v) is 2.69. The summed E-state index contributed by atoms with van der Waals surface area (Å²) in [5, 5.41) is 19.6. The molecule has 0 atom stereocenters. The lowest BCUT2D eigenvalue weighted by Gasteiger charge is -2.07. The van der Waals surface area contributed by atoms with E-state index in [4.69, 9.17) is 5.26 Å². The van der Waals surface area contributed by atoms with Gasteiger partial charge in [-0.05, 0) is 32.4 Å². The van der Waals surface area contributed by atoms with Gasteiger partial charge in [0.2, 0.25) is 0 Å². The molecule has 6 heteroatoms. The zero-order chi connectivity index (χ0) is 13.1. The Morgan fingerprint density at radius 1 is 1.28 bits per heavy atom. The van der Waals surface area contributed by atoms with Crippen LogP contribution in [0.15, 0.2) is 10.7 Å². The van der Waals surface area contributed by atoms with Crippen LogP contribution in [-0.4, -0.2) is 15.3 Å². The van der Waals surface area contributed by atoms with Crippen LogP contribution in [0.4, 0.5) is 5.82 Å².